The molecule has 21 heavy (non-hydrogen) atoms. The van der Waals surface area contributed by atoms with Crippen LogP contribution >= 0.6 is 15.9 Å². The van der Waals surface area contributed by atoms with E-state index in [1.165, 1.54) is 11.1 Å². The fourth-order valence-electron chi connectivity index (χ4n) is 2.61. The maximum atomic E-state index is 11.9. The lowest BCUT2D eigenvalue weighted by Crippen LogP contribution is -2.51. The van der Waals surface area contributed by atoms with E-state index < -0.39 is 41.7 Å². The van der Waals surface area contributed by atoms with Crippen molar-refractivity contribution < 1.29 is 20.4 Å². The SMILES string of the molecule is O=c1[nH]c(=O)n(C2C(O)CC(O)C2(O)CO)cc1C=CBr. The van der Waals surface area contributed by atoms with Crippen molar-refractivity contribution in [3.8, 4) is 0 Å². The summed E-state index contributed by atoms with van der Waals surface area (Å²) in [5.74, 6) is 0. The fraction of sp³-hybridized carbons (Fsp3) is 0.500. The Morgan fingerprint density at radius 2 is 2.14 bits per heavy atom. The molecule has 1 aromatic rings. The fourth-order valence-corrected chi connectivity index (χ4v) is 2.90. The molecule has 1 saturated carbocycles. The predicted octanol–water partition coefficient (Wildman–Crippen LogP) is -1.71. The van der Waals surface area contributed by atoms with Gasteiger partial charge in [0, 0.05) is 12.6 Å². The van der Waals surface area contributed by atoms with Crippen molar-refractivity contribution >= 4 is 22.0 Å². The van der Waals surface area contributed by atoms with E-state index in [2.05, 4.69) is 20.9 Å². The monoisotopic (exact) mass is 362 g/mol. The molecule has 8 nitrogen and oxygen atoms in total. The number of nitrogens with zero attached hydrogens (tertiary/aromatic N) is 1. The van der Waals surface area contributed by atoms with Crippen molar-refractivity contribution in [2.24, 2.45) is 0 Å². The first-order valence-electron chi connectivity index (χ1n) is 6.16. The lowest BCUT2D eigenvalue weighted by Gasteiger charge is -2.32. The molecule has 0 spiro atoms. The summed E-state index contributed by atoms with van der Waals surface area (Å²) in [6.45, 7) is -0.842. The van der Waals surface area contributed by atoms with Crippen molar-refractivity contribution in [2.45, 2.75) is 30.3 Å². The largest absolute Gasteiger partial charge is 0.393 e. The number of aliphatic hydroxyl groups is 4. The summed E-state index contributed by atoms with van der Waals surface area (Å²) in [7, 11) is 0. The minimum atomic E-state index is -2.07. The van der Waals surface area contributed by atoms with Crippen LogP contribution in [0.1, 0.15) is 18.0 Å². The van der Waals surface area contributed by atoms with Gasteiger partial charge < -0.3 is 20.4 Å². The Bertz CT molecular complexity index is 668. The zero-order valence-electron chi connectivity index (χ0n) is 10.8. The molecule has 9 heteroatoms. The van der Waals surface area contributed by atoms with Crippen LogP contribution in [0.4, 0.5) is 0 Å². The van der Waals surface area contributed by atoms with E-state index in [0.29, 0.717) is 0 Å². The number of aromatic nitrogens is 2. The van der Waals surface area contributed by atoms with Gasteiger partial charge in [-0.2, -0.15) is 0 Å². The molecule has 4 unspecified atom stereocenters. The summed E-state index contributed by atoms with van der Waals surface area (Å²) in [5.41, 5.74) is -3.44. The average molecular weight is 363 g/mol. The minimum absolute atomic E-state index is 0.111. The van der Waals surface area contributed by atoms with E-state index >= 15 is 0 Å². The summed E-state index contributed by atoms with van der Waals surface area (Å²) in [5, 5.41) is 39.4. The first-order valence-corrected chi connectivity index (χ1v) is 7.08. The van der Waals surface area contributed by atoms with E-state index in [-0.39, 0.29) is 12.0 Å². The Balaban J connectivity index is 2.62. The summed E-state index contributed by atoms with van der Waals surface area (Å²) in [6, 6.07) is -1.27. The van der Waals surface area contributed by atoms with Gasteiger partial charge in [0.05, 0.1) is 30.4 Å². The molecule has 1 heterocycles. The Morgan fingerprint density at radius 1 is 1.48 bits per heavy atom. The van der Waals surface area contributed by atoms with Crippen molar-refractivity contribution in [1.29, 1.82) is 0 Å². The van der Waals surface area contributed by atoms with Crippen LogP contribution in [0.5, 0.6) is 0 Å². The van der Waals surface area contributed by atoms with Gasteiger partial charge in [-0.05, 0) is 11.1 Å². The molecule has 0 amide bonds. The maximum Gasteiger partial charge on any atom is 0.328 e. The Kier molecular flexibility index (Phi) is 4.49. The third-order valence-electron chi connectivity index (χ3n) is 3.71. The average Bonchev–Trinajstić information content (AvgIpc) is 2.65. The quantitative estimate of drug-likeness (QED) is 0.434. The van der Waals surface area contributed by atoms with Crippen LogP contribution in [-0.4, -0.2) is 54.4 Å². The van der Waals surface area contributed by atoms with Gasteiger partial charge in [-0.25, -0.2) is 4.79 Å². The Hall–Kier alpha value is -1.26. The lowest BCUT2D eigenvalue weighted by atomic mass is 9.96. The second-order valence-corrected chi connectivity index (χ2v) is 5.49. The van der Waals surface area contributed by atoms with Crippen LogP contribution in [-0.2, 0) is 0 Å². The number of rotatable bonds is 3. The molecule has 0 radical (unpaired) electrons. The van der Waals surface area contributed by atoms with Crippen LogP contribution in [0, 0.1) is 0 Å². The molecule has 4 atom stereocenters. The van der Waals surface area contributed by atoms with Gasteiger partial charge in [0.1, 0.15) is 5.60 Å². The number of halogens is 1. The zero-order valence-corrected chi connectivity index (χ0v) is 12.4. The van der Waals surface area contributed by atoms with Crippen LogP contribution < -0.4 is 11.2 Å². The van der Waals surface area contributed by atoms with E-state index in [1.54, 1.807) is 0 Å². The molecule has 1 aliphatic rings. The highest BCUT2D eigenvalue weighted by molar-refractivity contribution is 9.11. The molecule has 0 bridgehead atoms. The van der Waals surface area contributed by atoms with E-state index in [1.807, 2.05) is 0 Å². The smallest absolute Gasteiger partial charge is 0.328 e. The number of H-pyrrole nitrogens is 1. The lowest BCUT2D eigenvalue weighted by molar-refractivity contribution is -0.113. The molecule has 0 saturated heterocycles. The topological polar surface area (TPSA) is 136 Å². The van der Waals surface area contributed by atoms with Crippen molar-refractivity contribution in [3.63, 3.8) is 0 Å². The van der Waals surface area contributed by atoms with Crippen LogP contribution in [0.25, 0.3) is 6.08 Å². The van der Waals surface area contributed by atoms with Gasteiger partial charge in [0.15, 0.2) is 0 Å². The van der Waals surface area contributed by atoms with Gasteiger partial charge >= 0.3 is 5.69 Å². The highest BCUT2D eigenvalue weighted by Crippen LogP contribution is 2.38. The van der Waals surface area contributed by atoms with Gasteiger partial charge in [0.2, 0.25) is 0 Å². The zero-order chi connectivity index (χ0) is 15.8. The number of nitrogens with one attached hydrogen (secondary N) is 1. The van der Waals surface area contributed by atoms with E-state index in [9.17, 15) is 30.0 Å². The Labute approximate surface area is 127 Å². The standard InChI is InChI=1S/C12H15BrN2O6/c13-2-1-6-4-15(11(20)14-10(6)19)9-7(17)3-8(18)12(9,21)5-16/h1-2,4,7-9,16-18,21H,3,5H2,(H,14,19,20). The van der Waals surface area contributed by atoms with Crippen LogP contribution in [0.2, 0.25) is 0 Å². The second kappa shape index (κ2) is 5.85. The molecule has 0 aliphatic heterocycles. The molecular formula is C12H15BrN2O6. The third-order valence-corrected chi connectivity index (χ3v) is 3.97. The second-order valence-electron chi connectivity index (χ2n) is 4.96. The van der Waals surface area contributed by atoms with E-state index in [4.69, 9.17) is 0 Å². The molecule has 5 N–H and O–H groups in total. The van der Waals surface area contributed by atoms with Crippen LogP contribution in [0.3, 0.4) is 0 Å². The minimum Gasteiger partial charge on any atom is -0.393 e. The molecule has 1 aromatic heterocycles. The highest BCUT2D eigenvalue weighted by atomic mass is 79.9. The van der Waals surface area contributed by atoms with Gasteiger partial charge in [-0.3, -0.25) is 14.3 Å². The summed E-state index contributed by atoms with van der Waals surface area (Å²) >= 11 is 3.00. The number of aliphatic hydroxyl groups excluding tert-OH is 3. The van der Waals surface area contributed by atoms with Crippen molar-refractivity contribution in [2.75, 3.05) is 6.61 Å². The maximum absolute atomic E-state index is 11.9. The van der Waals surface area contributed by atoms with Crippen molar-refractivity contribution in [1.82, 2.24) is 9.55 Å². The number of aromatic amines is 1. The molecule has 1 fully saturated rings. The summed E-state index contributed by atoms with van der Waals surface area (Å²) < 4.78 is 0.918. The van der Waals surface area contributed by atoms with Crippen LogP contribution in [0.15, 0.2) is 20.8 Å². The van der Waals surface area contributed by atoms with Gasteiger partial charge in [-0.1, -0.05) is 15.9 Å². The number of hydrogen-bond donors (Lipinski definition) is 5. The Morgan fingerprint density at radius 3 is 2.71 bits per heavy atom. The van der Waals surface area contributed by atoms with Gasteiger partial charge in [-0.15, -0.1) is 0 Å². The van der Waals surface area contributed by atoms with Gasteiger partial charge in [0.25, 0.3) is 5.56 Å². The van der Waals surface area contributed by atoms with E-state index in [0.717, 1.165) is 10.8 Å². The molecule has 116 valence electrons. The highest BCUT2D eigenvalue weighted by Gasteiger charge is 2.54. The molecular weight excluding hydrogens is 348 g/mol. The summed E-state index contributed by atoms with van der Waals surface area (Å²) in [4.78, 5) is 27.0. The third kappa shape index (κ3) is 2.62. The normalized spacial score (nSPS) is 32.9. The first kappa shape index (κ1) is 16.1. The predicted molar refractivity (Wildman–Crippen MR) is 77.0 cm³/mol. The molecule has 1 aliphatic carbocycles. The molecule has 2 rings (SSSR count). The molecule has 0 aromatic carbocycles. The van der Waals surface area contributed by atoms with Crippen molar-refractivity contribution in [3.05, 3.63) is 37.6 Å². The first-order chi connectivity index (χ1) is 9.85. The summed E-state index contributed by atoms with van der Waals surface area (Å²) in [6.07, 6.45) is -0.300. The number of hydrogen-bond acceptors (Lipinski definition) is 6.